The summed E-state index contributed by atoms with van der Waals surface area (Å²) < 4.78 is 5.63. The van der Waals surface area contributed by atoms with Crippen molar-refractivity contribution in [3.05, 3.63) is 29.6 Å². The number of hydrogen-bond acceptors (Lipinski definition) is 3. The number of hydrogen-bond donors (Lipinski definition) is 0. The number of Topliss-reactive ketones (excluding diaryl/α,β-unsaturated/α-hetero) is 1. The van der Waals surface area contributed by atoms with Gasteiger partial charge in [0.15, 0.2) is 5.78 Å². The van der Waals surface area contributed by atoms with E-state index in [1.165, 1.54) is 6.42 Å². The summed E-state index contributed by atoms with van der Waals surface area (Å²) in [6.45, 7) is 2.80. The molecule has 0 aliphatic carbocycles. The maximum Gasteiger partial charge on any atom is 0.164 e. The first kappa shape index (κ1) is 12.2. The molecule has 1 fully saturated rings. The highest BCUT2D eigenvalue weighted by Crippen LogP contribution is 2.18. The zero-order valence-electron chi connectivity index (χ0n) is 10.3. The molecular formula is C14H19NO2. The minimum atomic E-state index is 0.185. The molecule has 2 rings (SSSR count). The molecular weight excluding hydrogens is 214 g/mol. The summed E-state index contributed by atoms with van der Waals surface area (Å²) in [7, 11) is 0. The highest BCUT2D eigenvalue weighted by molar-refractivity contribution is 5.97. The Labute approximate surface area is 102 Å². The van der Waals surface area contributed by atoms with Gasteiger partial charge in [0, 0.05) is 31.0 Å². The molecule has 0 bridgehead atoms. The van der Waals surface area contributed by atoms with Gasteiger partial charge in [0.05, 0.1) is 6.10 Å². The lowest BCUT2D eigenvalue weighted by molar-refractivity contribution is 0.0104. The van der Waals surface area contributed by atoms with Crippen LogP contribution in [-0.4, -0.2) is 23.5 Å². The zero-order valence-corrected chi connectivity index (χ0v) is 10.3. The number of aryl methyl sites for hydroxylation is 1. The van der Waals surface area contributed by atoms with Crippen LogP contribution in [0.2, 0.25) is 0 Å². The van der Waals surface area contributed by atoms with Gasteiger partial charge in [0.2, 0.25) is 0 Å². The average Bonchev–Trinajstić information content (AvgIpc) is 2.38. The number of aromatic nitrogens is 1. The van der Waals surface area contributed by atoms with Crippen LogP contribution in [0.1, 0.15) is 48.0 Å². The van der Waals surface area contributed by atoms with Crippen LogP contribution in [0.25, 0.3) is 0 Å². The van der Waals surface area contributed by atoms with Gasteiger partial charge in [0.25, 0.3) is 0 Å². The van der Waals surface area contributed by atoms with Gasteiger partial charge in [-0.05, 0) is 44.2 Å². The van der Waals surface area contributed by atoms with Gasteiger partial charge in [-0.25, -0.2) is 0 Å². The second-order valence-corrected chi connectivity index (χ2v) is 4.64. The fourth-order valence-electron chi connectivity index (χ4n) is 2.22. The van der Waals surface area contributed by atoms with E-state index in [0.717, 1.165) is 37.0 Å². The maximum atomic E-state index is 12.0. The smallest absolute Gasteiger partial charge is 0.164 e. The summed E-state index contributed by atoms with van der Waals surface area (Å²) in [5.74, 6) is 0.185. The molecule has 1 aromatic heterocycles. The number of rotatable bonds is 4. The van der Waals surface area contributed by atoms with Gasteiger partial charge < -0.3 is 4.74 Å². The van der Waals surface area contributed by atoms with Crippen molar-refractivity contribution in [1.29, 1.82) is 0 Å². The molecule has 92 valence electrons. The molecule has 1 aliphatic rings. The molecule has 1 aromatic rings. The van der Waals surface area contributed by atoms with Crippen molar-refractivity contribution in [2.75, 3.05) is 6.61 Å². The number of carbonyl (C=O) groups is 1. The second kappa shape index (κ2) is 5.92. The van der Waals surface area contributed by atoms with Crippen LogP contribution in [0.5, 0.6) is 0 Å². The van der Waals surface area contributed by atoms with E-state index in [9.17, 15) is 4.79 Å². The molecule has 0 radical (unpaired) electrons. The number of pyridine rings is 1. The third kappa shape index (κ3) is 3.37. The lowest BCUT2D eigenvalue weighted by atomic mass is 9.99. The predicted molar refractivity (Wildman–Crippen MR) is 66.1 cm³/mol. The molecule has 0 N–H and O–H groups in total. The van der Waals surface area contributed by atoms with Crippen molar-refractivity contribution in [2.45, 2.75) is 45.1 Å². The fourth-order valence-corrected chi connectivity index (χ4v) is 2.22. The molecule has 1 unspecified atom stereocenters. The predicted octanol–water partition coefficient (Wildman–Crippen LogP) is 2.92. The number of nitrogens with zero attached hydrogens (tertiary/aromatic N) is 1. The molecule has 1 saturated heterocycles. The van der Waals surface area contributed by atoms with Gasteiger partial charge >= 0.3 is 0 Å². The molecule has 3 nitrogen and oxygen atoms in total. The normalized spacial score (nSPS) is 20.2. The molecule has 17 heavy (non-hydrogen) atoms. The Hall–Kier alpha value is -1.22. The first-order valence-corrected chi connectivity index (χ1v) is 6.33. The van der Waals surface area contributed by atoms with E-state index >= 15 is 0 Å². The Morgan fingerprint density at radius 1 is 1.53 bits per heavy atom. The van der Waals surface area contributed by atoms with E-state index in [1.807, 2.05) is 13.0 Å². The van der Waals surface area contributed by atoms with Crippen LogP contribution >= 0.6 is 0 Å². The summed E-state index contributed by atoms with van der Waals surface area (Å²) in [6.07, 6.45) is 8.56. The van der Waals surface area contributed by atoms with E-state index in [1.54, 1.807) is 12.4 Å². The van der Waals surface area contributed by atoms with Crippen molar-refractivity contribution in [3.63, 3.8) is 0 Å². The molecule has 1 aliphatic heterocycles. The second-order valence-electron chi connectivity index (χ2n) is 4.64. The topological polar surface area (TPSA) is 39.2 Å². The third-order valence-corrected chi connectivity index (χ3v) is 3.31. The Kier molecular flexibility index (Phi) is 4.26. The molecule has 1 atom stereocenters. The highest BCUT2D eigenvalue weighted by atomic mass is 16.5. The number of ketones is 1. The summed E-state index contributed by atoms with van der Waals surface area (Å²) in [5.41, 5.74) is 1.76. The summed E-state index contributed by atoms with van der Waals surface area (Å²) >= 11 is 0. The Morgan fingerprint density at radius 2 is 2.41 bits per heavy atom. The van der Waals surface area contributed by atoms with Crippen LogP contribution in [0.3, 0.4) is 0 Å². The van der Waals surface area contributed by atoms with Crippen molar-refractivity contribution in [3.8, 4) is 0 Å². The van der Waals surface area contributed by atoms with Gasteiger partial charge in [-0.2, -0.15) is 0 Å². The lowest BCUT2D eigenvalue weighted by Gasteiger charge is -2.22. The molecule has 2 heterocycles. The van der Waals surface area contributed by atoms with Crippen LogP contribution in [0.15, 0.2) is 18.5 Å². The maximum absolute atomic E-state index is 12.0. The minimum absolute atomic E-state index is 0.185. The first-order chi connectivity index (χ1) is 8.27. The van der Waals surface area contributed by atoms with Gasteiger partial charge in [0.1, 0.15) is 0 Å². The van der Waals surface area contributed by atoms with Crippen LogP contribution in [0.4, 0.5) is 0 Å². The largest absolute Gasteiger partial charge is 0.378 e. The monoisotopic (exact) mass is 233 g/mol. The lowest BCUT2D eigenvalue weighted by Crippen LogP contribution is -2.20. The summed E-state index contributed by atoms with van der Waals surface area (Å²) in [5, 5.41) is 0. The van der Waals surface area contributed by atoms with E-state index in [-0.39, 0.29) is 11.9 Å². The van der Waals surface area contributed by atoms with Crippen LogP contribution < -0.4 is 0 Å². The van der Waals surface area contributed by atoms with Crippen molar-refractivity contribution in [1.82, 2.24) is 4.98 Å². The Morgan fingerprint density at radius 3 is 3.12 bits per heavy atom. The highest BCUT2D eigenvalue weighted by Gasteiger charge is 2.16. The third-order valence-electron chi connectivity index (χ3n) is 3.31. The van der Waals surface area contributed by atoms with Crippen molar-refractivity contribution < 1.29 is 9.53 Å². The van der Waals surface area contributed by atoms with Crippen LogP contribution in [-0.2, 0) is 4.74 Å². The summed E-state index contributed by atoms with van der Waals surface area (Å²) in [6, 6.07) is 1.88. The molecule has 0 amide bonds. The zero-order chi connectivity index (χ0) is 12.1. The quantitative estimate of drug-likeness (QED) is 0.751. The standard InChI is InChI=1S/C14H19NO2/c1-11-7-8-15-10-13(11)14(16)6-5-12-4-2-3-9-17-12/h7-8,10,12H,2-6,9H2,1H3. The molecule has 0 saturated carbocycles. The first-order valence-electron chi connectivity index (χ1n) is 6.33. The number of ether oxygens (including phenoxy) is 1. The van der Waals surface area contributed by atoms with Crippen molar-refractivity contribution >= 4 is 5.78 Å². The molecule has 0 spiro atoms. The molecule has 3 heteroatoms. The van der Waals surface area contributed by atoms with Gasteiger partial charge in [-0.3, -0.25) is 9.78 Å². The number of carbonyl (C=O) groups excluding carboxylic acids is 1. The van der Waals surface area contributed by atoms with E-state index in [0.29, 0.717) is 6.42 Å². The van der Waals surface area contributed by atoms with Crippen LogP contribution in [0, 0.1) is 6.92 Å². The SMILES string of the molecule is Cc1ccncc1C(=O)CCC1CCCCO1. The van der Waals surface area contributed by atoms with E-state index in [2.05, 4.69) is 4.98 Å². The van der Waals surface area contributed by atoms with Gasteiger partial charge in [-0.1, -0.05) is 0 Å². The average molecular weight is 233 g/mol. The summed E-state index contributed by atoms with van der Waals surface area (Å²) in [4.78, 5) is 16.0. The molecule has 0 aromatic carbocycles. The fraction of sp³-hybridized carbons (Fsp3) is 0.571. The Bertz CT molecular complexity index is 384. The van der Waals surface area contributed by atoms with E-state index in [4.69, 9.17) is 4.74 Å². The van der Waals surface area contributed by atoms with Gasteiger partial charge in [-0.15, -0.1) is 0 Å². The Balaban J connectivity index is 1.87. The minimum Gasteiger partial charge on any atom is -0.378 e. The van der Waals surface area contributed by atoms with E-state index < -0.39 is 0 Å². The van der Waals surface area contributed by atoms with Crippen molar-refractivity contribution in [2.24, 2.45) is 0 Å².